The fourth-order valence-electron chi connectivity index (χ4n) is 4.14. The second kappa shape index (κ2) is 8.98. The molecule has 0 heterocycles. The summed E-state index contributed by atoms with van der Waals surface area (Å²) in [6, 6.07) is 0. The van der Waals surface area contributed by atoms with Crippen molar-refractivity contribution in [2.24, 2.45) is 11.8 Å². The zero-order chi connectivity index (χ0) is 15.8. The molecule has 22 heavy (non-hydrogen) atoms. The molecule has 1 fully saturated rings. The van der Waals surface area contributed by atoms with Crippen molar-refractivity contribution in [3.8, 4) is 0 Å². The van der Waals surface area contributed by atoms with Crippen LogP contribution >= 0.6 is 0 Å². The molecule has 0 amide bonds. The Balaban J connectivity index is 1.98. The van der Waals surface area contributed by atoms with Crippen LogP contribution in [0.5, 0.6) is 0 Å². The molecule has 1 saturated carbocycles. The summed E-state index contributed by atoms with van der Waals surface area (Å²) in [6.07, 6.45) is 12.8. The smallest absolute Gasteiger partial charge is 0.166 e. The van der Waals surface area contributed by atoms with Crippen molar-refractivity contribution in [2.45, 2.75) is 96.1 Å². The van der Waals surface area contributed by atoms with Crippen LogP contribution in [-0.2, 0) is 0 Å². The Kier molecular flexibility index (Phi) is 7.30. The quantitative estimate of drug-likeness (QED) is 0.415. The van der Waals surface area contributed by atoms with Crippen LogP contribution in [0.15, 0.2) is 11.6 Å². The summed E-state index contributed by atoms with van der Waals surface area (Å²) < 4.78 is 39.3. The molecule has 0 saturated heterocycles. The third-order valence-corrected chi connectivity index (χ3v) is 5.46. The minimum absolute atomic E-state index is 0.246. The molecule has 0 aromatic rings. The fraction of sp³-hybridized carbons (Fsp3) is 0.895. The molecular weight excluding hydrogens is 285 g/mol. The maximum Gasteiger partial charge on any atom is 0.412 e. The Hall–Kier alpha value is -0.470. The highest BCUT2D eigenvalue weighted by atomic mass is 19.4. The number of fused-ring (bicyclic) bond motifs is 2. The molecule has 0 nitrogen and oxygen atoms in total. The van der Waals surface area contributed by atoms with Gasteiger partial charge >= 0.3 is 6.18 Å². The van der Waals surface area contributed by atoms with E-state index in [1.54, 1.807) is 0 Å². The van der Waals surface area contributed by atoms with Gasteiger partial charge in [-0.2, -0.15) is 13.2 Å². The molecule has 0 N–H and O–H groups in total. The van der Waals surface area contributed by atoms with E-state index in [0.29, 0.717) is 12.3 Å². The van der Waals surface area contributed by atoms with E-state index in [-0.39, 0.29) is 17.9 Å². The van der Waals surface area contributed by atoms with Crippen LogP contribution < -0.4 is 0 Å². The van der Waals surface area contributed by atoms with Crippen molar-refractivity contribution in [3.63, 3.8) is 0 Å². The van der Waals surface area contributed by atoms with Crippen LogP contribution in [0.4, 0.5) is 13.2 Å². The average molecular weight is 316 g/mol. The number of alkyl halides is 3. The van der Waals surface area contributed by atoms with Crippen LogP contribution in [0, 0.1) is 11.8 Å². The van der Waals surface area contributed by atoms with Gasteiger partial charge in [-0.3, -0.25) is 0 Å². The summed E-state index contributed by atoms with van der Waals surface area (Å²) in [6.45, 7) is 0. The summed E-state index contributed by atoms with van der Waals surface area (Å²) in [5, 5.41) is 0. The van der Waals surface area contributed by atoms with Gasteiger partial charge in [-0.15, -0.1) is 0 Å². The SMILES string of the molecule is FC(F)(F)C1=CCC2CCCCCCCCCCCC(C1)C2. The van der Waals surface area contributed by atoms with Crippen LogP contribution in [-0.4, -0.2) is 6.18 Å². The molecule has 2 rings (SSSR count). The van der Waals surface area contributed by atoms with Crippen molar-refractivity contribution >= 4 is 0 Å². The van der Waals surface area contributed by atoms with Crippen LogP contribution in [0.1, 0.15) is 89.9 Å². The number of allylic oxidation sites excluding steroid dienone is 2. The predicted molar refractivity (Wildman–Crippen MR) is 85.8 cm³/mol. The zero-order valence-electron chi connectivity index (χ0n) is 13.8. The summed E-state index contributed by atoms with van der Waals surface area (Å²) in [4.78, 5) is 0. The predicted octanol–water partition coefficient (Wildman–Crippen LogP) is 7.20. The lowest BCUT2D eigenvalue weighted by atomic mass is 9.85. The molecule has 0 aromatic carbocycles. The summed E-state index contributed by atoms with van der Waals surface area (Å²) in [5.41, 5.74) is -0.246. The van der Waals surface area contributed by atoms with Crippen molar-refractivity contribution in [1.82, 2.24) is 0 Å². The Morgan fingerprint density at radius 1 is 0.727 bits per heavy atom. The maximum atomic E-state index is 13.1. The minimum Gasteiger partial charge on any atom is -0.166 e. The minimum atomic E-state index is -4.12. The van der Waals surface area contributed by atoms with E-state index in [2.05, 4.69) is 0 Å². The maximum absolute atomic E-state index is 13.1. The van der Waals surface area contributed by atoms with Gasteiger partial charge in [0.15, 0.2) is 0 Å². The lowest BCUT2D eigenvalue weighted by Gasteiger charge is -2.21. The number of halogens is 3. The van der Waals surface area contributed by atoms with Crippen molar-refractivity contribution < 1.29 is 13.2 Å². The fourth-order valence-corrected chi connectivity index (χ4v) is 4.14. The van der Waals surface area contributed by atoms with E-state index in [1.165, 1.54) is 57.4 Å². The zero-order valence-corrected chi connectivity index (χ0v) is 13.8. The van der Waals surface area contributed by atoms with Gasteiger partial charge in [0, 0.05) is 5.57 Å². The van der Waals surface area contributed by atoms with E-state index in [1.807, 2.05) is 0 Å². The van der Waals surface area contributed by atoms with Gasteiger partial charge in [0.2, 0.25) is 0 Å². The third kappa shape index (κ3) is 6.34. The van der Waals surface area contributed by atoms with Gasteiger partial charge in [-0.1, -0.05) is 76.7 Å². The lowest BCUT2D eigenvalue weighted by molar-refractivity contribution is -0.0954. The van der Waals surface area contributed by atoms with Crippen molar-refractivity contribution in [1.29, 1.82) is 0 Å². The summed E-state index contributed by atoms with van der Waals surface area (Å²) in [5.74, 6) is 0.733. The van der Waals surface area contributed by atoms with Crippen molar-refractivity contribution in [2.75, 3.05) is 0 Å². The van der Waals surface area contributed by atoms with E-state index < -0.39 is 6.18 Å². The molecule has 2 bridgehead atoms. The molecule has 3 heteroatoms. The van der Waals surface area contributed by atoms with Gasteiger partial charge < -0.3 is 0 Å². The molecule has 0 spiro atoms. The average Bonchev–Trinajstić information content (AvgIpc) is 2.66. The Bertz CT molecular complexity index is 343. The monoisotopic (exact) mass is 316 g/mol. The topological polar surface area (TPSA) is 0 Å². The Morgan fingerprint density at radius 3 is 1.77 bits per heavy atom. The first-order valence-electron chi connectivity index (χ1n) is 9.32. The van der Waals surface area contributed by atoms with Gasteiger partial charge in [-0.05, 0) is 31.1 Å². The highest BCUT2D eigenvalue weighted by molar-refractivity contribution is 5.12. The van der Waals surface area contributed by atoms with Gasteiger partial charge in [-0.25, -0.2) is 0 Å². The van der Waals surface area contributed by atoms with E-state index in [0.717, 1.165) is 25.7 Å². The van der Waals surface area contributed by atoms with Crippen molar-refractivity contribution in [3.05, 3.63) is 11.6 Å². The second-order valence-electron chi connectivity index (χ2n) is 7.39. The van der Waals surface area contributed by atoms with E-state index in [4.69, 9.17) is 0 Å². The largest absolute Gasteiger partial charge is 0.412 e. The molecular formula is C19H31F3. The normalized spacial score (nSPS) is 30.0. The van der Waals surface area contributed by atoms with Gasteiger partial charge in [0.25, 0.3) is 0 Å². The molecule has 0 aliphatic heterocycles. The summed E-state index contributed by atoms with van der Waals surface area (Å²) >= 11 is 0. The standard InChI is InChI=1S/C19H31F3/c20-19(21,22)18-13-12-16-10-8-6-4-2-1-3-5-7-9-11-17(14-16)15-18/h13,16-17H,1-12,14-15H2. The van der Waals surface area contributed by atoms with Crippen LogP contribution in [0.3, 0.4) is 0 Å². The molecule has 2 unspecified atom stereocenters. The Labute approximate surface area is 133 Å². The molecule has 2 aliphatic rings. The highest BCUT2D eigenvalue weighted by Crippen LogP contribution is 2.39. The third-order valence-electron chi connectivity index (χ3n) is 5.46. The summed E-state index contributed by atoms with van der Waals surface area (Å²) in [7, 11) is 0. The number of rotatable bonds is 0. The van der Waals surface area contributed by atoms with Gasteiger partial charge in [0.1, 0.15) is 0 Å². The molecule has 0 aromatic heterocycles. The lowest BCUT2D eigenvalue weighted by Crippen LogP contribution is -2.15. The molecule has 128 valence electrons. The first-order valence-corrected chi connectivity index (χ1v) is 9.32. The molecule has 0 radical (unpaired) electrons. The number of hydrogen-bond acceptors (Lipinski definition) is 0. The van der Waals surface area contributed by atoms with E-state index >= 15 is 0 Å². The molecule has 2 atom stereocenters. The first kappa shape index (κ1) is 17.9. The van der Waals surface area contributed by atoms with Crippen LogP contribution in [0.25, 0.3) is 0 Å². The van der Waals surface area contributed by atoms with Gasteiger partial charge in [0.05, 0.1) is 0 Å². The van der Waals surface area contributed by atoms with E-state index in [9.17, 15) is 13.2 Å². The first-order chi connectivity index (χ1) is 10.6. The number of hydrogen-bond donors (Lipinski definition) is 0. The highest BCUT2D eigenvalue weighted by Gasteiger charge is 2.36. The second-order valence-corrected chi connectivity index (χ2v) is 7.39. The Morgan fingerprint density at radius 2 is 1.23 bits per heavy atom. The van der Waals surface area contributed by atoms with Crippen LogP contribution in [0.2, 0.25) is 0 Å². The molecule has 2 aliphatic carbocycles.